The van der Waals surface area contributed by atoms with Crippen molar-refractivity contribution in [1.82, 2.24) is 0 Å². The summed E-state index contributed by atoms with van der Waals surface area (Å²) in [5.74, 6) is 0.0162. The quantitative estimate of drug-likeness (QED) is 0.818. The molecule has 1 aromatic carbocycles. The van der Waals surface area contributed by atoms with Crippen molar-refractivity contribution in [3.8, 4) is 6.07 Å². The van der Waals surface area contributed by atoms with Crippen LogP contribution in [0.25, 0.3) is 0 Å². The number of hydrogen-bond donors (Lipinski definition) is 0. The number of Topliss-reactive ketones (excluding diaryl/α,β-unsaturated/α-hetero) is 1. The Morgan fingerprint density at radius 2 is 1.67 bits per heavy atom. The predicted molar refractivity (Wildman–Crippen MR) is 67.4 cm³/mol. The first kappa shape index (κ1) is 14.3. The van der Waals surface area contributed by atoms with Gasteiger partial charge in [0.15, 0.2) is 0 Å². The summed E-state index contributed by atoms with van der Waals surface area (Å²) in [7, 11) is 0. The minimum absolute atomic E-state index is 0.0162. The van der Waals surface area contributed by atoms with Crippen LogP contribution in [0.5, 0.6) is 0 Å². The number of benzene rings is 1. The Balaban J connectivity index is 0.000000265. The van der Waals surface area contributed by atoms with Crippen molar-refractivity contribution >= 4 is 37.6 Å². The van der Waals surface area contributed by atoms with Gasteiger partial charge in [-0.1, -0.05) is 38.8 Å². The third-order valence-corrected chi connectivity index (χ3v) is 2.53. The maximum Gasteiger partial charge on any atom is 0.146 e. The van der Waals surface area contributed by atoms with E-state index in [1.165, 1.54) is 0 Å². The van der Waals surface area contributed by atoms with Gasteiger partial charge in [0.1, 0.15) is 5.78 Å². The van der Waals surface area contributed by atoms with Crippen LogP contribution in [0, 0.1) is 11.3 Å². The van der Waals surface area contributed by atoms with Crippen LogP contribution in [-0.4, -0.2) is 5.78 Å². The van der Waals surface area contributed by atoms with Gasteiger partial charge in [-0.3, -0.25) is 4.79 Å². The summed E-state index contributed by atoms with van der Waals surface area (Å²) in [6.07, 6.45) is 0.546. The zero-order chi connectivity index (χ0) is 11.7. The minimum atomic E-state index is 0.0162. The van der Waals surface area contributed by atoms with E-state index in [1.54, 1.807) is 13.0 Å². The zero-order valence-electron chi connectivity index (χ0n) is 8.34. The number of nitriles is 1. The van der Waals surface area contributed by atoms with Crippen LogP contribution in [0.15, 0.2) is 33.2 Å². The van der Waals surface area contributed by atoms with Crippen molar-refractivity contribution in [2.45, 2.75) is 19.8 Å². The first-order valence-electron chi connectivity index (χ1n) is 4.39. The molecular formula is C11H11Br2NO. The Morgan fingerprint density at radius 1 is 1.27 bits per heavy atom. The van der Waals surface area contributed by atoms with E-state index in [9.17, 15) is 4.79 Å². The maximum atomic E-state index is 10.2. The highest BCUT2D eigenvalue weighted by Crippen LogP contribution is 2.14. The van der Waals surface area contributed by atoms with Crippen LogP contribution < -0.4 is 0 Å². The second-order valence-electron chi connectivity index (χ2n) is 2.66. The summed E-state index contributed by atoms with van der Waals surface area (Å²) in [6.45, 7) is 1.75. The van der Waals surface area contributed by atoms with E-state index in [2.05, 4.69) is 31.9 Å². The number of carbonyl (C=O) groups is 1. The molecule has 0 spiro atoms. The molecule has 0 heterocycles. The molecule has 0 aliphatic carbocycles. The summed E-state index contributed by atoms with van der Waals surface area (Å²) in [5, 5.41) is 7.90. The number of rotatable bonds is 2. The fourth-order valence-electron chi connectivity index (χ4n) is 0.643. The number of carbonyl (C=O) groups excluding carboxylic acids is 1. The van der Waals surface area contributed by atoms with Gasteiger partial charge in [-0.15, -0.1) is 0 Å². The van der Waals surface area contributed by atoms with Crippen LogP contribution in [0.2, 0.25) is 0 Å². The van der Waals surface area contributed by atoms with Gasteiger partial charge in [0.2, 0.25) is 0 Å². The van der Waals surface area contributed by atoms with Gasteiger partial charge in [-0.05, 0) is 24.3 Å². The lowest BCUT2D eigenvalue weighted by Gasteiger charge is -1.86. The fraction of sp³-hybridized carbons (Fsp3) is 0.273. The van der Waals surface area contributed by atoms with Crippen molar-refractivity contribution in [3.05, 3.63) is 33.2 Å². The van der Waals surface area contributed by atoms with E-state index < -0.39 is 0 Å². The Morgan fingerprint density at radius 3 is 1.87 bits per heavy atom. The third kappa shape index (κ3) is 8.34. The molecule has 0 radical (unpaired) electrons. The molecule has 4 heteroatoms. The molecule has 1 aromatic rings. The molecule has 0 unspecified atom stereocenters. The Labute approximate surface area is 107 Å². The van der Waals surface area contributed by atoms with Gasteiger partial charge < -0.3 is 0 Å². The lowest BCUT2D eigenvalue weighted by atomic mass is 10.2. The van der Waals surface area contributed by atoms with E-state index in [4.69, 9.17) is 5.26 Å². The highest BCUT2D eigenvalue weighted by Gasteiger charge is 1.91. The highest BCUT2D eigenvalue weighted by molar-refractivity contribution is 9.11. The van der Waals surface area contributed by atoms with Crippen LogP contribution in [-0.2, 0) is 4.79 Å². The molecule has 0 amide bonds. The molecule has 2 nitrogen and oxygen atoms in total. The molecule has 1 rings (SSSR count). The van der Waals surface area contributed by atoms with Crippen LogP contribution >= 0.6 is 31.9 Å². The zero-order valence-corrected chi connectivity index (χ0v) is 11.5. The second-order valence-corrected chi connectivity index (χ2v) is 4.49. The Kier molecular flexibility index (Phi) is 8.25. The average molecular weight is 333 g/mol. The number of ketones is 1. The second kappa shape index (κ2) is 8.63. The SMILES string of the molecule is Brc1ccc(Br)cc1.CCC(=O)CC#N. The highest BCUT2D eigenvalue weighted by atomic mass is 79.9. The summed E-state index contributed by atoms with van der Waals surface area (Å²) < 4.78 is 2.22. The van der Waals surface area contributed by atoms with Crippen molar-refractivity contribution in [2.75, 3.05) is 0 Å². The van der Waals surface area contributed by atoms with Gasteiger partial charge in [0, 0.05) is 15.4 Å². The molecule has 0 atom stereocenters. The predicted octanol–water partition coefficient (Wildman–Crippen LogP) is 4.09. The summed E-state index contributed by atoms with van der Waals surface area (Å²) in [5.41, 5.74) is 0. The van der Waals surface area contributed by atoms with E-state index >= 15 is 0 Å². The molecule has 15 heavy (non-hydrogen) atoms. The molecule has 0 aliphatic heterocycles. The average Bonchev–Trinajstić information content (AvgIpc) is 2.24. The topological polar surface area (TPSA) is 40.9 Å². The van der Waals surface area contributed by atoms with Crippen molar-refractivity contribution in [2.24, 2.45) is 0 Å². The first-order valence-corrected chi connectivity index (χ1v) is 5.98. The van der Waals surface area contributed by atoms with Crippen LogP contribution in [0.1, 0.15) is 19.8 Å². The number of nitrogens with zero attached hydrogens (tertiary/aromatic N) is 1. The molecule has 0 saturated carbocycles. The van der Waals surface area contributed by atoms with Gasteiger partial charge in [-0.25, -0.2) is 0 Å². The van der Waals surface area contributed by atoms with Crippen LogP contribution in [0.4, 0.5) is 0 Å². The minimum Gasteiger partial charge on any atom is -0.299 e. The molecule has 0 bridgehead atoms. The normalized spacial score (nSPS) is 8.40. The first-order chi connectivity index (χ1) is 7.10. The standard InChI is InChI=1S/C6H4Br2.C5H7NO/c7-5-1-2-6(8)4-3-5;1-2-5(7)3-4-6/h1-4H;2-3H2,1H3. The molecule has 0 aliphatic rings. The third-order valence-electron chi connectivity index (χ3n) is 1.47. The van der Waals surface area contributed by atoms with Gasteiger partial charge in [0.25, 0.3) is 0 Å². The van der Waals surface area contributed by atoms with E-state index in [-0.39, 0.29) is 12.2 Å². The van der Waals surface area contributed by atoms with E-state index in [0.717, 1.165) is 8.95 Å². The largest absolute Gasteiger partial charge is 0.299 e. The van der Waals surface area contributed by atoms with E-state index in [1.807, 2.05) is 24.3 Å². The summed E-state index contributed by atoms with van der Waals surface area (Å²) >= 11 is 6.65. The van der Waals surface area contributed by atoms with Crippen LogP contribution in [0.3, 0.4) is 0 Å². The molecule has 0 aromatic heterocycles. The molecular weight excluding hydrogens is 322 g/mol. The smallest absolute Gasteiger partial charge is 0.146 e. The monoisotopic (exact) mass is 331 g/mol. The maximum absolute atomic E-state index is 10.2. The Bertz CT molecular complexity index is 320. The molecule has 0 saturated heterocycles. The fourth-order valence-corrected chi connectivity index (χ4v) is 1.17. The molecule has 0 N–H and O–H groups in total. The molecule has 0 fully saturated rings. The number of hydrogen-bond acceptors (Lipinski definition) is 2. The Hall–Kier alpha value is -0.660. The van der Waals surface area contributed by atoms with Gasteiger partial charge in [0.05, 0.1) is 12.5 Å². The van der Waals surface area contributed by atoms with Crippen molar-refractivity contribution in [1.29, 1.82) is 5.26 Å². The van der Waals surface area contributed by atoms with Crippen molar-refractivity contribution in [3.63, 3.8) is 0 Å². The number of halogens is 2. The van der Waals surface area contributed by atoms with Gasteiger partial charge >= 0.3 is 0 Å². The lowest BCUT2D eigenvalue weighted by Crippen LogP contribution is -1.89. The van der Waals surface area contributed by atoms with Crippen molar-refractivity contribution < 1.29 is 4.79 Å². The summed E-state index contributed by atoms with van der Waals surface area (Å²) in [4.78, 5) is 10.2. The lowest BCUT2D eigenvalue weighted by molar-refractivity contribution is -0.117. The van der Waals surface area contributed by atoms with E-state index in [0.29, 0.717) is 6.42 Å². The summed E-state index contributed by atoms with van der Waals surface area (Å²) in [6, 6.07) is 9.73. The van der Waals surface area contributed by atoms with Gasteiger partial charge in [-0.2, -0.15) is 5.26 Å². The molecule has 80 valence electrons.